The molecular formula is C16H23ClN2O2. The Labute approximate surface area is 131 Å². The predicted octanol–water partition coefficient (Wildman–Crippen LogP) is 2.68. The Morgan fingerprint density at radius 3 is 2.81 bits per heavy atom. The number of anilines is 1. The van der Waals surface area contributed by atoms with Gasteiger partial charge >= 0.3 is 0 Å². The van der Waals surface area contributed by atoms with Crippen LogP contribution in [0.15, 0.2) is 18.2 Å². The molecule has 5 heteroatoms. The van der Waals surface area contributed by atoms with E-state index in [1.807, 2.05) is 39.0 Å². The van der Waals surface area contributed by atoms with Crippen molar-refractivity contribution in [1.29, 1.82) is 0 Å². The molecule has 2 N–H and O–H groups in total. The normalized spacial score (nSPS) is 22.0. The number of carbonyl (C=O) groups is 1. The number of aliphatic hydroxyl groups is 1. The molecule has 0 radical (unpaired) electrons. The number of halogens is 1. The molecule has 1 heterocycles. The van der Waals surface area contributed by atoms with Crippen LogP contribution in [0.2, 0.25) is 5.02 Å². The molecule has 1 fully saturated rings. The standard InChI is InChI=1S/C16H23ClN2O2/c1-10-14(17)5-4-6-15(10)18-16(21)11(2)19-8-7-13(9-19)12(3)20/h4-6,11-13,20H,7-9H2,1-3H3,(H,18,21). The highest BCUT2D eigenvalue weighted by atomic mass is 35.5. The fraction of sp³-hybridized carbons (Fsp3) is 0.562. The van der Waals surface area contributed by atoms with Crippen molar-refractivity contribution >= 4 is 23.2 Å². The molecule has 2 rings (SSSR count). The Morgan fingerprint density at radius 1 is 1.48 bits per heavy atom. The molecule has 116 valence electrons. The van der Waals surface area contributed by atoms with E-state index in [9.17, 15) is 9.90 Å². The number of rotatable bonds is 4. The molecule has 1 saturated heterocycles. The zero-order valence-corrected chi connectivity index (χ0v) is 13.5. The van der Waals surface area contributed by atoms with E-state index in [1.54, 1.807) is 0 Å². The summed E-state index contributed by atoms with van der Waals surface area (Å²) in [6.07, 6.45) is 0.617. The highest BCUT2D eigenvalue weighted by molar-refractivity contribution is 6.31. The highest BCUT2D eigenvalue weighted by Crippen LogP contribution is 2.25. The van der Waals surface area contributed by atoms with Crippen LogP contribution in [0.3, 0.4) is 0 Å². The van der Waals surface area contributed by atoms with Crippen molar-refractivity contribution in [1.82, 2.24) is 4.90 Å². The van der Waals surface area contributed by atoms with E-state index in [0.717, 1.165) is 30.8 Å². The van der Waals surface area contributed by atoms with E-state index in [4.69, 9.17) is 11.6 Å². The first-order valence-corrected chi connectivity index (χ1v) is 7.76. The monoisotopic (exact) mass is 310 g/mol. The Balaban J connectivity index is 1.99. The van der Waals surface area contributed by atoms with Gasteiger partial charge in [0.15, 0.2) is 0 Å². The van der Waals surface area contributed by atoms with Crippen molar-refractivity contribution in [3.05, 3.63) is 28.8 Å². The topological polar surface area (TPSA) is 52.6 Å². The molecule has 1 amide bonds. The minimum atomic E-state index is -0.319. The van der Waals surface area contributed by atoms with Gasteiger partial charge in [-0.25, -0.2) is 0 Å². The number of nitrogens with zero attached hydrogens (tertiary/aromatic N) is 1. The van der Waals surface area contributed by atoms with Gasteiger partial charge in [0.25, 0.3) is 0 Å². The van der Waals surface area contributed by atoms with Gasteiger partial charge in [0.1, 0.15) is 0 Å². The van der Waals surface area contributed by atoms with Crippen LogP contribution in [0.5, 0.6) is 0 Å². The Hall–Kier alpha value is -1.10. The first-order valence-electron chi connectivity index (χ1n) is 7.38. The summed E-state index contributed by atoms with van der Waals surface area (Å²) in [6.45, 7) is 7.22. The van der Waals surface area contributed by atoms with E-state index in [1.165, 1.54) is 0 Å². The Kier molecular flexibility index (Phi) is 5.25. The highest BCUT2D eigenvalue weighted by Gasteiger charge is 2.31. The lowest BCUT2D eigenvalue weighted by atomic mass is 10.0. The van der Waals surface area contributed by atoms with Gasteiger partial charge in [-0.1, -0.05) is 17.7 Å². The molecule has 21 heavy (non-hydrogen) atoms. The number of amides is 1. The van der Waals surface area contributed by atoms with E-state index >= 15 is 0 Å². The van der Waals surface area contributed by atoms with Crippen LogP contribution in [-0.4, -0.2) is 41.1 Å². The van der Waals surface area contributed by atoms with Crippen molar-refractivity contribution in [2.75, 3.05) is 18.4 Å². The third kappa shape index (κ3) is 3.76. The van der Waals surface area contributed by atoms with E-state index in [0.29, 0.717) is 5.02 Å². The van der Waals surface area contributed by atoms with E-state index < -0.39 is 0 Å². The van der Waals surface area contributed by atoms with Gasteiger partial charge < -0.3 is 10.4 Å². The first kappa shape index (κ1) is 16.3. The predicted molar refractivity (Wildman–Crippen MR) is 85.6 cm³/mol. The van der Waals surface area contributed by atoms with E-state index in [2.05, 4.69) is 10.2 Å². The van der Waals surface area contributed by atoms with Gasteiger partial charge in [0, 0.05) is 17.3 Å². The maximum absolute atomic E-state index is 12.4. The number of carbonyl (C=O) groups excluding carboxylic acids is 1. The molecule has 0 spiro atoms. The number of aliphatic hydroxyl groups excluding tert-OH is 1. The smallest absolute Gasteiger partial charge is 0.241 e. The lowest BCUT2D eigenvalue weighted by Gasteiger charge is -2.24. The fourth-order valence-electron chi connectivity index (χ4n) is 2.71. The van der Waals surface area contributed by atoms with Gasteiger partial charge in [-0.05, 0) is 57.4 Å². The maximum atomic E-state index is 12.4. The van der Waals surface area contributed by atoms with Gasteiger partial charge in [-0.15, -0.1) is 0 Å². The van der Waals surface area contributed by atoms with E-state index in [-0.39, 0.29) is 24.0 Å². The van der Waals surface area contributed by atoms with Crippen molar-refractivity contribution < 1.29 is 9.90 Å². The molecule has 1 aromatic rings. The van der Waals surface area contributed by atoms with Crippen LogP contribution < -0.4 is 5.32 Å². The SMILES string of the molecule is Cc1c(Cl)cccc1NC(=O)C(C)N1CCC(C(C)O)C1. The van der Waals surface area contributed by atoms with Gasteiger partial charge in [0.2, 0.25) is 5.91 Å². The van der Waals surface area contributed by atoms with Gasteiger partial charge in [-0.3, -0.25) is 9.69 Å². The fourth-order valence-corrected chi connectivity index (χ4v) is 2.88. The quantitative estimate of drug-likeness (QED) is 0.899. The van der Waals surface area contributed by atoms with Crippen LogP contribution in [0.25, 0.3) is 0 Å². The summed E-state index contributed by atoms with van der Waals surface area (Å²) >= 11 is 6.07. The average molecular weight is 311 g/mol. The summed E-state index contributed by atoms with van der Waals surface area (Å²) in [6, 6.07) is 5.28. The lowest BCUT2D eigenvalue weighted by molar-refractivity contribution is -0.120. The molecule has 0 aliphatic carbocycles. The summed E-state index contributed by atoms with van der Waals surface area (Å²) in [4.78, 5) is 14.5. The molecule has 1 aliphatic rings. The molecule has 0 bridgehead atoms. The van der Waals surface area contributed by atoms with Crippen LogP contribution in [0.1, 0.15) is 25.8 Å². The summed E-state index contributed by atoms with van der Waals surface area (Å²) in [5.74, 6) is 0.222. The second kappa shape index (κ2) is 6.77. The van der Waals surface area contributed by atoms with Gasteiger partial charge in [0.05, 0.1) is 12.1 Å². The second-order valence-electron chi connectivity index (χ2n) is 5.86. The Bertz CT molecular complexity index is 519. The first-order chi connectivity index (χ1) is 9.90. The Morgan fingerprint density at radius 2 is 2.19 bits per heavy atom. The number of hydrogen-bond acceptors (Lipinski definition) is 3. The number of likely N-dealkylation sites (tertiary alicyclic amines) is 1. The molecule has 0 aromatic heterocycles. The second-order valence-corrected chi connectivity index (χ2v) is 6.27. The maximum Gasteiger partial charge on any atom is 0.241 e. The van der Waals surface area contributed by atoms with Crippen molar-refractivity contribution in [3.63, 3.8) is 0 Å². The largest absolute Gasteiger partial charge is 0.393 e. The van der Waals surface area contributed by atoms with Gasteiger partial charge in [-0.2, -0.15) is 0 Å². The summed E-state index contributed by atoms with van der Waals surface area (Å²) in [5.41, 5.74) is 1.63. The molecule has 1 aliphatic heterocycles. The molecular weight excluding hydrogens is 288 g/mol. The zero-order valence-electron chi connectivity index (χ0n) is 12.8. The number of hydrogen-bond donors (Lipinski definition) is 2. The molecule has 3 unspecified atom stereocenters. The van der Waals surface area contributed by atoms with Crippen LogP contribution in [0, 0.1) is 12.8 Å². The van der Waals surface area contributed by atoms with Crippen LogP contribution in [-0.2, 0) is 4.79 Å². The summed E-state index contributed by atoms with van der Waals surface area (Å²) < 4.78 is 0. The minimum absolute atomic E-state index is 0.0355. The van der Waals surface area contributed by atoms with Crippen LogP contribution in [0.4, 0.5) is 5.69 Å². The zero-order chi connectivity index (χ0) is 15.6. The van der Waals surface area contributed by atoms with Crippen LogP contribution >= 0.6 is 11.6 Å². The molecule has 3 atom stereocenters. The molecule has 0 saturated carbocycles. The van der Waals surface area contributed by atoms with Crippen molar-refractivity contribution in [3.8, 4) is 0 Å². The third-order valence-electron chi connectivity index (χ3n) is 4.39. The minimum Gasteiger partial charge on any atom is -0.393 e. The third-order valence-corrected chi connectivity index (χ3v) is 4.80. The molecule has 4 nitrogen and oxygen atoms in total. The average Bonchev–Trinajstić information content (AvgIpc) is 2.93. The summed E-state index contributed by atoms with van der Waals surface area (Å²) in [7, 11) is 0. The lowest BCUT2D eigenvalue weighted by Crippen LogP contribution is -2.41. The molecule has 1 aromatic carbocycles. The summed E-state index contributed by atoms with van der Waals surface area (Å²) in [5, 5.41) is 13.2. The van der Waals surface area contributed by atoms with Crippen molar-refractivity contribution in [2.24, 2.45) is 5.92 Å². The van der Waals surface area contributed by atoms with Crippen molar-refractivity contribution in [2.45, 2.75) is 39.3 Å². The number of benzene rings is 1. The number of nitrogens with one attached hydrogen (secondary N) is 1.